The van der Waals surface area contributed by atoms with Crippen LogP contribution >= 0.6 is 11.6 Å². The van der Waals surface area contributed by atoms with Gasteiger partial charge in [0.05, 0.1) is 0 Å². The molecule has 1 heterocycles. The van der Waals surface area contributed by atoms with Crippen LogP contribution < -0.4 is 5.56 Å². The summed E-state index contributed by atoms with van der Waals surface area (Å²) in [5.41, 5.74) is 3.37. The van der Waals surface area contributed by atoms with Gasteiger partial charge in [-0.05, 0) is 53.8 Å². The van der Waals surface area contributed by atoms with E-state index in [1.54, 1.807) is 25.2 Å². The second kappa shape index (κ2) is 6.46. The van der Waals surface area contributed by atoms with Crippen molar-refractivity contribution >= 4 is 23.5 Å². The fourth-order valence-corrected chi connectivity index (χ4v) is 3.07. The first-order valence-electron chi connectivity index (χ1n) is 7.61. The van der Waals surface area contributed by atoms with E-state index >= 15 is 0 Å². The number of allylic oxidation sites excluding steroid dienone is 1. The Morgan fingerprint density at radius 1 is 1.21 bits per heavy atom. The van der Waals surface area contributed by atoms with Gasteiger partial charge in [-0.1, -0.05) is 23.7 Å². The maximum Gasteiger partial charge on any atom is 0.254 e. The molecule has 0 saturated heterocycles. The van der Waals surface area contributed by atoms with Crippen molar-refractivity contribution in [3.63, 3.8) is 0 Å². The van der Waals surface area contributed by atoms with Crippen LogP contribution in [0.5, 0.6) is 0 Å². The Bertz CT molecular complexity index is 964. The minimum absolute atomic E-state index is 0.0790. The van der Waals surface area contributed by atoms with Crippen LogP contribution in [0.1, 0.15) is 28.8 Å². The van der Waals surface area contributed by atoms with Crippen molar-refractivity contribution in [1.82, 2.24) is 4.57 Å². The average Bonchev–Trinajstić information content (AvgIpc) is 2.57. The number of pyridine rings is 1. The zero-order valence-electron chi connectivity index (χ0n) is 13.2. The van der Waals surface area contributed by atoms with Crippen LogP contribution in [0.4, 0.5) is 0 Å². The number of ketones is 1. The molecule has 0 saturated carbocycles. The molecule has 120 valence electrons. The van der Waals surface area contributed by atoms with E-state index < -0.39 is 0 Å². The average molecular weight is 339 g/mol. The number of hydrogen-bond acceptors (Lipinski definition) is 3. The number of Topliss-reactive ketones (excluding diaryl/α,β-unsaturated/α-hetero) is 1. The van der Waals surface area contributed by atoms with Crippen molar-refractivity contribution in [2.75, 3.05) is 0 Å². The topological polar surface area (TPSA) is 62.9 Å². The Kier molecular flexibility index (Phi) is 4.37. The molecule has 0 amide bonds. The summed E-state index contributed by atoms with van der Waals surface area (Å²) in [4.78, 5) is 24.5. The lowest BCUT2D eigenvalue weighted by Crippen LogP contribution is -2.23. The highest BCUT2D eigenvalue weighted by molar-refractivity contribution is 6.30. The van der Waals surface area contributed by atoms with Crippen molar-refractivity contribution in [3.05, 3.63) is 73.7 Å². The summed E-state index contributed by atoms with van der Waals surface area (Å²) in [6, 6.07) is 10.8. The third-order valence-electron chi connectivity index (χ3n) is 4.31. The Morgan fingerprint density at radius 3 is 2.75 bits per heavy atom. The van der Waals surface area contributed by atoms with Gasteiger partial charge >= 0.3 is 0 Å². The zero-order chi connectivity index (χ0) is 17.3. The number of nitriles is 1. The van der Waals surface area contributed by atoms with E-state index in [2.05, 4.69) is 0 Å². The zero-order valence-corrected chi connectivity index (χ0v) is 13.9. The highest BCUT2D eigenvalue weighted by Gasteiger charge is 2.19. The lowest BCUT2D eigenvalue weighted by molar-refractivity contribution is -0.115. The summed E-state index contributed by atoms with van der Waals surface area (Å²) in [6.07, 6.45) is 3.18. The first-order valence-corrected chi connectivity index (χ1v) is 7.98. The van der Waals surface area contributed by atoms with Crippen LogP contribution in [0.25, 0.3) is 6.08 Å². The quantitative estimate of drug-likeness (QED) is 0.864. The number of halogens is 1. The summed E-state index contributed by atoms with van der Waals surface area (Å²) in [7, 11) is 1.58. The molecule has 0 fully saturated rings. The SMILES string of the molecule is Cn1c(C#N)ccc(CCC2=Cc3cc(Cl)ccc3CC2=O)c1=O. The molecule has 0 spiro atoms. The molecule has 1 aliphatic rings. The number of carbonyl (C=O) groups excluding carboxylic acids is 1. The van der Waals surface area contributed by atoms with Gasteiger partial charge in [-0.25, -0.2) is 0 Å². The van der Waals surface area contributed by atoms with E-state index in [9.17, 15) is 9.59 Å². The Labute approximate surface area is 144 Å². The van der Waals surface area contributed by atoms with E-state index in [4.69, 9.17) is 16.9 Å². The second-order valence-corrected chi connectivity index (χ2v) is 6.27. The lowest BCUT2D eigenvalue weighted by atomic mass is 9.88. The van der Waals surface area contributed by atoms with E-state index in [1.165, 1.54) is 4.57 Å². The smallest absolute Gasteiger partial charge is 0.254 e. The lowest BCUT2D eigenvalue weighted by Gasteiger charge is -2.16. The second-order valence-electron chi connectivity index (χ2n) is 5.83. The van der Waals surface area contributed by atoms with Crippen LogP contribution in [0.3, 0.4) is 0 Å². The fraction of sp³-hybridized carbons (Fsp3) is 0.211. The number of nitrogens with zero attached hydrogens (tertiary/aromatic N) is 2. The molecule has 0 N–H and O–H groups in total. The predicted octanol–water partition coefficient (Wildman–Crippen LogP) is 3.05. The van der Waals surface area contributed by atoms with Gasteiger partial charge in [0.1, 0.15) is 11.8 Å². The molecule has 0 aliphatic heterocycles. The van der Waals surface area contributed by atoms with Crippen molar-refractivity contribution in [1.29, 1.82) is 5.26 Å². The highest BCUT2D eigenvalue weighted by Crippen LogP contribution is 2.26. The summed E-state index contributed by atoms with van der Waals surface area (Å²) in [6.45, 7) is 0. The first-order chi connectivity index (χ1) is 11.5. The minimum Gasteiger partial charge on any atom is -0.303 e. The molecule has 1 aromatic heterocycles. The number of hydrogen-bond donors (Lipinski definition) is 0. The van der Waals surface area contributed by atoms with Crippen molar-refractivity contribution in [3.8, 4) is 6.07 Å². The Morgan fingerprint density at radius 2 is 2.00 bits per heavy atom. The van der Waals surface area contributed by atoms with Gasteiger partial charge in [-0.3, -0.25) is 9.59 Å². The monoisotopic (exact) mass is 338 g/mol. The van der Waals surface area contributed by atoms with Crippen LogP contribution in [-0.4, -0.2) is 10.4 Å². The molecule has 4 nitrogen and oxygen atoms in total. The molecule has 1 aliphatic carbocycles. The highest BCUT2D eigenvalue weighted by atomic mass is 35.5. The van der Waals surface area contributed by atoms with Gasteiger partial charge in [0.15, 0.2) is 5.78 Å². The summed E-state index contributed by atoms with van der Waals surface area (Å²) < 4.78 is 1.33. The summed E-state index contributed by atoms with van der Waals surface area (Å²) in [5.74, 6) is 0.0790. The van der Waals surface area contributed by atoms with Gasteiger partial charge < -0.3 is 4.57 Å². The molecule has 2 aromatic rings. The number of rotatable bonds is 3. The third-order valence-corrected chi connectivity index (χ3v) is 4.54. The normalized spacial score (nSPS) is 13.2. The Hall–Kier alpha value is -2.64. The maximum atomic E-state index is 12.3. The first kappa shape index (κ1) is 16.2. The number of fused-ring (bicyclic) bond motifs is 1. The van der Waals surface area contributed by atoms with Crippen molar-refractivity contribution in [2.45, 2.75) is 19.3 Å². The molecule has 0 atom stereocenters. The molecule has 5 heteroatoms. The molecule has 0 bridgehead atoms. The van der Waals surface area contributed by atoms with Crippen molar-refractivity contribution in [2.24, 2.45) is 7.05 Å². The van der Waals surface area contributed by atoms with Gasteiger partial charge in [-0.2, -0.15) is 5.26 Å². The third kappa shape index (κ3) is 3.04. The van der Waals surface area contributed by atoms with Gasteiger partial charge in [0, 0.05) is 24.1 Å². The largest absolute Gasteiger partial charge is 0.303 e. The Balaban J connectivity index is 1.85. The molecule has 3 rings (SSSR count). The maximum absolute atomic E-state index is 12.3. The van der Waals surface area contributed by atoms with Crippen LogP contribution in [0, 0.1) is 11.3 Å². The van der Waals surface area contributed by atoms with Crippen LogP contribution in [0.15, 0.2) is 40.7 Å². The van der Waals surface area contributed by atoms with Crippen molar-refractivity contribution < 1.29 is 4.79 Å². The molecule has 0 unspecified atom stereocenters. The summed E-state index contributed by atoms with van der Waals surface area (Å²) >= 11 is 6.02. The van der Waals surface area contributed by atoms with Gasteiger partial charge in [0.25, 0.3) is 5.56 Å². The number of aromatic nitrogens is 1. The van der Waals surface area contributed by atoms with Gasteiger partial charge in [-0.15, -0.1) is 0 Å². The number of benzene rings is 1. The van der Waals surface area contributed by atoms with E-state index in [-0.39, 0.29) is 11.3 Å². The molecule has 1 aromatic carbocycles. The minimum atomic E-state index is -0.193. The number of carbonyl (C=O) groups is 1. The van der Waals surface area contributed by atoms with Gasteiger partial charge in [0.2, 0.25) is 0 Å². The fourth-order valence-electron chi connectivity index (χ4n) is 2.89. The molecular weight excluding hydrogens is 324 g/mol. The van der Waals surface area contributed by atoms with Crippen LogP contribution in [-0.2, 0) is 24.7 Å². The van der Waals surface area contributed by atoms with Crippen LogP contribution in [0.2, 0.25) is 5.02 Å². The van der Waals surface area contributed by atoms with E-state index in [0.717, 1.165) is 11.1 Å². The standard InChI is InChI=1S/C19H15ClN2O2/c1-22-17(11-21)7-5-12(19(22)24)2-3-14-8-15-9-16(20)6-4-13(15)10-18(14)23/h4-9H,2-3,10H2,1H3. The number of aryl methyl sites for hydroxylation is 1. The predicted molar refractivity (Wildman–Crippen MR) is 92.9 cm³/mol. The molecule has 0 radical (unpaired) electrons. The van der Waals surface area contributed by atoms with E-state index in [1.807, 2.05) is 24.3 Å². The molecular formula is C19H15ClN2O2. The van der Waals surface area contributed by atoms with E-state index in [0.29, 0.717) is 41.1 Å². The summed E-state index contributed by atoms with van der Waals surface area (Å²) in [5, 5.41) is 9.58. The molecule has 24 heavy (non-hydrogen) atoms.